The summed E-state index contributed by atoms with van der Waals surface area (Å²) in [7, 11) is -2.02. The minimum Gasteiger partial charge on any atom is -0.415 e. The lowest BCUT2D eigenvalue weighted by Gasteiger charge is -2.46. The first-order valence-corrected chi connectivity index (χ1v) is 12.5. The molecule has 154 valence electrons. The van der Waals surface area contributed by atoms with Crippen molar-refractivity contribution in [2.75, 3.05) is 19.7 Å². The monoisotopic (exact) mass is 399 g/mol. The van der Waals surface area contributed by atoms with E-state index >= 15 is 0 Å². The van der Waals surface area contributed by atoms with Crippen LogP contribution in [-0.4, -0.2) is 72.6 Å². The van der Waals surface area contributed by atoms with Crippen molar-refractivity contribution in [2.24, 2.45) is 0 Å². The van der Waals surface area contributed by atoms with Gasteiger partial charge in [0.2, 0.25) is 0 Å². The molecule has 2 rings (SSSR count). The zero-order valence-corrected chi connectivity index (χ0v) is 18.0. The molecule has 0 radical (unpaired) electrons. The van der Waals surface area contributed by atoms with Gasteiger partial charge in [-0.05, 0) is 36.2 Å². The van der Waals surface area contributed by atoms with E-state index in [2.05, 4.69) is 33.9 Å². The van der Waals surface area contributed by atoms with Crippen molar-refractivity contribution >= 4 is 8.32 Å². The van der Waals surface area contributed by atoms with Crippen molar-refractivity contribution in [3.8, 4) is 0 Å². The Labute approximate surface area is 162 Å². The van der Waals surface area contributed by atoms with Crippen LogP contribution in [0.25, 0.3) is 0 Å². The van der Waals surface area contributed by atoms with E-state index in [0.29, 0.717) is 18.5 Å². The molecule has 7 heteroatoms. The fourth-order valence-corrected chi connectivity index (χ4v) is 4.11. The van der Waals surface area contributed by atoms with E-state index in [4.69, 9.17) is 4.43 Å². The highest BCUT2D eigenvalue weighted by atomic mass is 28.4. The SMILES string of the molecule is CC(C)(C)[Si](C)(C)OC[C@H]1[C@@H](O)[C@H](O)[C@@H](O)CN1CCc1ccccc1F. The van der Waals surface area contributed by atoms with E-state index in [-0.39, 0.29) is 24.0 Å². The Morgan fingerprint density at radius 2 is 1.78 bits per heavy atom. The van der Waals surface area contributed by atoms with Gasteiger partial charge in [-0.3, -0.25) is 4.90 Å². The van der Waals surface area contributed by atoms with E-state index in [1.165, 1.54) is 6.07 Å². The Bertz CT molecular complexity index is 622. The molecule has 27 heavy (non-hydrogen) atoms. The molecule has 1 aromatic carbocycles. The maximum Gasteiger partial charge on any atom is 0.192 e. The average molecular weight is 400 g/mol. The van der Waals surface area contributed by atoms with E-state index in [9.17, 15) is 19.7 Å². The highest BCUT2D eigenvalue weighted by molar-refractivity contribution is 6.74. The fourth-order valence-electron chi connectivity index (χ4n) is 3.09. The van der Waals surface area contributed by atoms with Crippen molar-refractivity contribution in [1.82, 2.24) is 4.90 Å². The standard InChI is InChI=1S/C20H34FNO4Si/c1-20(2,3)27(4,5)26-13-16-18(24)19(25)17(23)12-22(16)11-10-14-8-6-7-9-15(14)21/h6-9,16-19,23-25H,10-13H2,1-5H3/t16-,17-,18+,19+/m0/s1. The minimum atomic E-state index is -2.02. The molecule has 0 amide bonds. The first-order valence-electron chi connectivity index (χ1n) is 9.59. The van der Waals surface area contributed by atoms with Crippen LogP contribution in [0.4, 0.5) is 4.39 Å². The second-order valence-electron chi connectivity index (χ2n) is 9.02. The number of halogens is 1. The van der Waals surface area contributed by atoms with Crippen molar-refractivity contribution < 1.29 is 24.1 Å². The van der Waals surface area contributed by atoms with Crippen molar-refractivity contribution in [3.05, 3.63) is 35.6 Å². The molecule has 0 aliphatic carbocycles. The number of benzene rings is 1. The topological polar surface area (TPSA) is 73.2 Å². The maximum atomic E-state index is 13.9. The van der Waals surface area contributed by atoms with Crippen molar-refractivity contribution in [1.29, 1.82) is 0 Å². The van der Waals surface area contributed by atoms with Gasteiger partial charge in [0.25, 0.3) is 0 Å². The maximum absolute atomic E-state index is 13.9. The lowest BCUT2D eigenvalue weighted by Crippen LogP contribution is -2.63. The molecule has 4 atom stereocenters. The summed E-state index contributed by atoms with van der Waals surface area (Å²) in [4.78, 5) is 1.90. The van der Waals surface area contributed by atoms with Gasteiger partial charge in [0.15, 0.2) is 8.32 Å². The smallest absolute Gasteiger partial charge is 0.192 e. The third kappa shape index (κ3) is 5.37. The second-order valence-corrected chi connectivity index (χ2v) is 13.8. The van der Waals surface area contributed by atoms with Gasteiger partial charge in [0.05, 0.1) is 18.8 Å². The summed E-state index contributed by atoms with van der Waals surface area (Å²) >= 11 is 0. The summed E-state index contributed by atoms with van der Waals surface area (Å²) in [6, 6.07) is 6.17. The second kappa shape index (κ2) is 8.67. The first kappa shape index (κ1) is 22.5. The van der Waals surface area contributed by atoms with Gasteiger partial charge in [-0.2, -0.15) is 0 Å². The van der Waals surface area contributed by atoms with Gasteiger partial charge in [0.1, 0.15) is 18.0 Å². The molecule has 1 fully saturated rings. The molecular formula is C20H34FNO4Si. The van der Waals surface area contributed by atoms with Crippen LogP contribution in [0.1, 0.15) is 26.3 Å². The molecule has 0 unspecified atom stereocenters. The largest absolute Gasteiger partial charge is 0.415 e. The quantitative estimate of drug-likeness (QED) is 0.640. The Balaban J connectivity index is 2.10. The highest BCUT2D eigenvalue weighted by Gasteiger charge is 2.44. The number of hydrogen-bond acceptors (Lipinski definition) is 5. The van der Waals surface area contributed by atoms with Gasteiger partial charge in [-0.1, -0.05) is 39.0 Å². The predicted molar refractivity (Wildman–Crippen MR) is 107 cm³/mol. The Morgan fingerprint density at radius 3 is 2.37 bits per heavy atom. The molecule has 1 aliphatic heterocycles. The molecule has 1 aromatic rings. The van der Waals surface area contributed by atoms with Crippen LogP contribution in [0.2, 0.25) is 18.1 Å². The number of piperidine rings is 1. The normalized spacial score (nSPS) is 27.7. The third-order valence-electron chi connectivity index (χ3n) is 6.08. The molecule has 1 aliphatic rings. The number of rotatable bonds is 6. The first-order chi connectivity index (χ1) is 12.4. The van der Waals surface area contributed by atoms with Crippen molar-refractivity contribution in [3.63, 3.8) is 0 Å². The van der Waals surface area contributed by atoms with Gasteiger partial charge >= 0.3 is 0 Å². The minimum absolute atomic E-state index is 0.0305. The van der Waals surface area contributed by atoms with Crippen LogP contribution in [0, 0.1) is 5.82 Å². The number of aliphatic hydroxyl groups excluding tert-OH is 3. The number of hydrogen-bond donors (Lipinski definition) is 3. The van der Waals surface area contributed by atoms with E-state index in [1.54, 1.807) is 18.2 Å². The van der Waals surface area contributed by atoms with E-state index in [0.717, 1.165) is 0 Å². The molecule has 0 aromatic heterocycles. The molecule has 1 saturated heterocycles. The van der Waals surface area contributed by atoms with Crippen LogP contribution in [-0.2, 0) is 10.8 Å². The zero-order valence-electron chi connectivity index (χ0n) is 17.0. The summed E-state index contributed by atoms with van der Waals surface area (Å²) in [6.45, 7) is 11.7. The fraction of sp³-hybridized carbons (Fsp3) is 0.700. The van der Waals surface area contributed by atoms with Crippen LogP contribution in [0.5, 0.6) is 0 Å². The third-order valence-corrected chi connectivity index (χ3v) is 10.6. The van der Waals surface area contributed by atoms with Gasteiger partial charge in [0, 0.05) is 13.1 Å². The molecule has 1 heterocycles. The van der Waals surface area contributed by atoms with Gasteiger partial charge in [-0.25, -0.2) is 4.39 Å². The Morgan fingerprint density at radius 1 is 1.15 bits per heavy atom. The molecule has 3 N–H and O–H groups in total. The average Bonchev–Trinajstić information content (AvgIpc) is 2.57. The number of β-amino-alcohol motifs (C(OH)–C–C–N with tert-alkyl or cyclic N) is 1. The van der Waals surface area contributed by atoms with Crippen molar-refractivity contribution in [2.45, 2.75) is 69.7 Å². The predicted octanol–water partition coefficient (Wildman–Crippen LogP) is 2.16. The van der Waals surface area contributed by atoms with E-state index in [1.807, 2.05) is 4.90 Å². The zero-order chi connectivity index (χ0) is 20.4. The summed E-state index contributed by atoms with van der Waals surface area (Å²) in [5.41, 5.74) is 0.594. The van der Waals surface area contributed by atoms with Gasteiger partial charge < -0.3 is 19.7 Å². The molecule has 0 bridgehead atoms. The summed E-state index contributed by atoms with van der Waals surface area (Å²) in [5.74, 6) is -0.260. The molecule has 0 spiro atoms. The number of likely N-dealkylation sites (tertiary alicyclic amines) is 1. The van der Waals surface area contributed by atoms with Crippen LogP contribution in [0.15, 0.2) is 24.3 Å². The van der Waals surface area contributed by atoms with Crippen LogP contribution >= 0.6 is 0 Å². The van der Waals surface area contributed by atoms with Gasteiger partial charge in [-0.15, -0.1) is 0 Å². The molecular weight excluding hydrogens is 365 g/mol. The van der Waals surface area contributed by atoms with E-state index < -0.39 is 32.7 Å². The summed E-state index contributed by atoms with van der Waals surface area (Å²) < 4.78 is 20.2. The number of aliphatic hydroxyl groups is 3. The molecule has 5 nitrogen and oxygen atoms in total. The lowest BCUT2D eigenvalue weighted by atomic mass is 9.94. The molecule has 0 saturated carbocycles. The lowest BCUT2D eigenvalue weighted by molar-refractivity contribution is -0.143. The summed E-state index contributed by atoms with van der Waals surface area (Å²) in [5, 5.41) is 30.8. The highest BCUT2D eigenvalue weighted by Crippen LogP contribution is 2.37. The Kier molecular flexibility index (Phi) is 7.21. The number of nitrogens with zero attached hydrogens (tertiary/aromatic N) is 1. The van der Waals surface area contributed by atoms with Crippen LogP contribution in [0.3, 0.4) is 0 Å². The Hall–Kier alpha value is -0.833. The van der Waals surface area contributed by atoms with Crippen LogP contribution < -0.4 is 0 Å². The summed E-state index contributed by atoms with van der Waals surface area (Å²) in [6.07, 6.45) is -2.90.